The molecule has 0 saturated carbocycles. The van der Waals surface area contributed by atoms with Crippen LogP contribution in [0.25, 0.3) is 0 Å². The molecule has 20 heavy (non-hydrogen) atoms. The van der Waals surface area contributed by atoms with Crippen molar-refractivity contribution in [1.82, 2.24) is 0 Å². The Bertz CT molecular complexity index is 567. The number of nitrogens with two attached hydrogens (primary N) is 1. The Morgan fingerprint density at radius 1 is 0.850 bits per heavy atom. The summed E-state index contributed by atoms with van der Waals surface area (Å²) >= 11 is 0. The van der Waals surface area contributed by atoms with Crippen molar-refractivity contribution in [1.29, 1.82) is 0 Å². The molecule has 1 unspecified atom stereocenters. The molecule has 1 heteroatoms. The zero-order valence-corrected chi connectivity index (χ0v) is 13.0. The fraction of sp³-hybridized carbons (Fsp3) is 0.368. The van der Waals surface area contributed by atoms with E-state index in [1.165, 1.54) is 27.8 Å². The highest BCUT2D eigenvalue weighted by Gasteiger charge is 2.09. The third kappa shape index (κ3) is 3.49. The van der Waals surface area contributed by atoms with Gasteiger partial charge in [-0.1, -0.05) is 56.3 Å². The van der Waals surface area contributed by atoms with Gasteiger partial charge in [-0.15, -0.1) is 0 Å². The molecule has 0 heterocycles. The van der Waals surface area contributed by atoms with Gasteiger partial charge in [-0.2, -0.15) is 0 Å². The highest BCUT2D eigenvalue weighted by atomic mass is 14.6. The lowest BCUT2D eigenvalue weighted by molar-refractivity contribution is 0.647. The predicted octanol–water partition coefficient (Wildman–Crippen LogP) is 4.55. The SMILES string of the molecule is Cc1ccc(C(N)c2ccc(CC(C)C)cc2)cc1C. The van der Waals surface area contributed by atoms with Crippen LogP contribution in [-0.4, -0.2) is 0 Å². The van der Waals surface area contributed by atoms with E-state index < -0.39 is 0 Å². The van der Waals surface area contributed by atoms with Crippen molar-refractivity contribution in [3.8, 4) is 0 Å². The standard InChI is InChI=1S/C19H25N/c1-13(2)11-16-6-9-17(10-7-16)19(20)18-8-5-14(3)15(4)12-18/h5-10,12-13,19H,11,20H2,1-4H3. The Kier molecular flexibility index (Phi) is 4.61. The van der Waals surface area contributed by atoms with E-state index in [1.54, 1.807) is 0 Å². The zero-order valence-electron chi connectivity index (χ0n) is 13.0. The topological polar surface area (TPSA) is 26.0 Å². The third-order valence-corrected chi connectivity index (χ3v) is 3.87. The summed E-state index contributed by atoms with van der Waals surface area (Å²) in [4.78, 5) is 0. The second-order valence-corrected chi connectivity index (χ2v) is 6.16. The van der Waals surface area contributed by atoms with Gasteiger partial charge in [0.1, 0.15) is 0 Å². The molecule has 0 aliphatic rings. The zero-order chi connectivity index (χ0) is 14.7. The van der Waals surface area contributed by atoms with E-state index in [2.05, 4.69) is 70.2 Å². The first-order chi connectivity index (χ1) is 9.47. The van der Waals surface area contributed by atoms with Crippen LogP contribution >= 0.6 is 0 Å². The molecule has 0 saturated heterocycles. The highest BCUT2D eigenvalue weighted by Crippen LogP contribution is 2.22. The second kappa shape index (κ2) is 6.23. The van der Waals surface area contributed by atoms with Gasteiger partial charge in [-0.3, -0.25) is 0 Å². The van der Waals surface area contributed by atoms with Crippen molar-refractivity contribution in [2.75, 3.05) is 0 Å². The van der Waals surface area contributed by atoms with Gasteiger partial charge in [0.2, 0.25) is 0 Å². The largest absolute Gasteiger partial charge is 0.320 e. The van der Waals surface area contributed by atoms with Gasteiger partial charge in [0, 0.05) is 0 Å². The summed E-state index contributed by atoms with van der Waals surface area (Å²) in [5, 5.41) is 0. The van der Waals surface area contributed by atoms with Crippen LogP contribution in [0.5, 0.6) is 0 Å². The fourth-order valence-electron chi connectivity index (χ4n) is 2.48. The molecule has 1 atom stereocenters. The fourth-order valence-corrected chi connectivity index (χ4v) is 2.48. The maximum absolute atomic E-state index is 6.39. The van der Waals surface area contributed by atoms with Gasteiger partial charge < -0.3 is 5.73 Å². The van der Waals surface area contributed by atoms with Gasteiger partial charge in [-0.25, -0.2) is 0 Å². The normalized spacial score (nSPS) is 12.7. The van der Waals surface area contributed by atoms with Crippen molar-refractivity contribution in [3.63, 3.8) is 0 Å². The van der Waals surface area contributed by atoms with E-state index in [1.807, 2.05) is 0 Å². The lowest BCUT2D eigenvalue weighted by Gasteiger charge is -2.15. The summed E-state index contributed by atoms with van der Waals surface area (Å²) in [5.74, 6) is 0.689. The monoisotopic (exact) mass is 267 g/mol. The second-order valence-electron chi connectivity index (χ2n) is 6.16. The molecule has 0 radical (unpaired) electrons. The third-order valence-electron chi connectivity index (χ3n) is 3.87. The Hall–Kier alpha value is -1.60. The van der Waals surface area contributed by atoms with Crippen LogP contribution in [0.1, 0.15) is 47.7 Å². The van der Waals surface area contributed by atoms with Crippen LogP contribution in [0.15, 0.2) is 42.5 Å². The number of rotatable bonds is 4. The Balaban J connectivity index is 2.20. The van der Waals surface area contributed by atoms with Gasteiger partial charge >= 0.3 is 0 Å². The first-order valence-corrected chi connectivity index (χ1v) is 7.39. The summed E-state index contributed by atoms with van der Waals surface area (Å²) in [6.07, 6.45) is 1.12. The van der Waals surface area contributed by atoms with Crippen LogP contribution in [0.2, 0.25) is 0 Å². The Labute approximate surface area is 122 Å². The number of hydrogen-bond donors (Lipinski definition) is 1. The molecule has 2 rings (SSSR count). The van der Waals surface area contributed by atoms with E-state index in [9.17, 15) is 0 Å². The van der Waals surface area contributed by atoms with Gasteiger partial charge in [0.15, 0.2) is 0 Å². The van der Waals surface area contributed by atoms with E-state index in [4.69, 9.17) is 5.73 Å². The first-order valence-electron chi connectivity index (χ1n) is 7.39. The molecule has 1 nitrogen and oxygen atoms in total. The van der Waals surface area contributed by atoms with E-state index in [0.29, 0.717) is 5.92 Å². The molecule has 2 aromatic rings. The minimum atomic E-state index is -0.0394. The minimum Gasteiger partial charge on any atom is -0.320 e. The molecule has 0 fully saturated rings. The molecular weight excluding hydrogens is 242 g/mol. The molecule has 0 amide bonds. The van der Waals surface area contributed by atoms with Crippen molar-refractivity contribution in [2.24, 2.45) is 11.7 Å². The lowest BCUT2D eigenvalue weighted by atomic mass is 9.94. The van der Waals surface area contributed by atoms with Gasteiger partial charge in [0.05, 0.1) is 6.04 Å². The van der Waals surface area contributed by atoms with E-state index in [-0.39, 0.29) is 6.04 Å². The Morgan fingerprint density at radius 3 is 2.00 bits per heavy atom. The quantitative estimate of drug-likeness (QED) is 0.864. The van der Waals surface area contributed by atoms with Crippen LogP contribution in [0, 0.1) is 19.8 Å². The number of benzene rings is 2. The molecular formula is C19H25N. The molecule has 2 aromatic carbocycles. The Morgan fingerprint density at radius 2 is 1.45 bits per heavy atom. The van der Waals surface area contributed by atoms with Crippen LogP contribution < -0.4 is 5.73 Å². The van der Waals surface area contributed by atoms with Gasteiger partial charge in [-0.05, 0) is 54.0 Å². The smallest absolute Gasteiger partial charge is 0.0551 e. The molecule has 0 bridgehead atoms. The maximum atomic E-state index is 6.39. The molecule has 0 aliphatic heterocycles. The average molecular weight is 267 g/mol. The van der Waals surface area contributed by atoms with Crippen LogP contribution in [-0.2, 0) is 6.42 Å². The number of aryl methyl sites for hydroxylation is 2. The number of hydrogen-bond acceptors (Lipinski definition) is 1. The summed E-state index contributed by atoms with van der Waals surface area (Å²) in [7, 11) is 0. The predicted molar refractivity (Wildman–Crippen MR) is 86.9 cm³/mol. The van der Waals surface area contributed by atoms with Crippen molar-refractivity contribution in [2.45, 2.75) is 40.2 Å². The van der Waals surface area contributed by atoms with Crippen LogP contribution in [0.3, 0.4) is 0 Å². The molecule has 0 aromatic heterocycles. The van der Waals surface area contributed by atoms with Crippen molar-refractivity contribution < 1.29 is 0 Å². The molecule has 0 spiro atoms. The summed E-state index contributed by atoms with van der Waals surface area (Å²) < 4.78 is 0. The maximum Gasteiger partial charge on any atom is 0.0551 e. The molecule has 106 valence electrons. The molecule has 2 N–H and O–H groups in total. The van der Waals surface area contributed by atoms with Crippen molar-refractivity contribution >= 4 is 0 Å². The lowest BCUT2D eigenvalue weighted by Crippen LogP contribution is -2.12. The average Bonchev–Trinajstić information content (AvgIpc) is 2.41. The van der Waals surface area contributed by atoms with Crippen molar-refractivity contribution in [3.05, 3.63) is 70.3 Å². The minimum absolute atomic E-state index is 0.0394. The summed E-state index contributed by atoms with van der Waals surface area (Å²) in [6, 6.07) is 15.2. The molecule has 0 aliphatic carbocycles. The first kappa shape index (κ1) is 14.8. The van der Waals surface area contributed by atoms with Crippen LogP contribution in [0.4, 0.5) is 0 Å². The highest BCUT2D eigenvalue weighted by molar-refractivity contribution is 5.37. The summed E-state index contributed by atoms with van der Waals surface area (Å²) in [6.45, 7) is 8.76. The van der Waals surface area contributed by atoms with E-state index >= 15 is 0 Å². The van der Waals surface area contributed by atoms with Gasteiger partial charge in [0.25, 0.3) is 0 Å². The van der Waals surface area contributed by atoms with E-state index in [0.717, 1.165) is 6.42 Å². The summed E-state index contributed by atoms with van der Waals surface area (Å²) in [5.41, 5.74) is 12.8.